The van der Waals surface area contributed by atoms with Crippen LogP contribution in [-0.4, -0.2) is 43.0 Å². The van der Waals surface area contributed by atoms with Crippen LogP contribution in [0.3, 0.4) is 0 Å². The maximum absolute atomic E-state index is 14.0. The molecule has 1 aliphatic heterocycles. The number of nitrogens with zero attached hydrogens (tertiary/aromatic N) is 3. The molecule has 0 aliphatic carbocycles. The monoisotopic (exact) mass is 441 g/mol. The van der Waals surface area contributed by atoms with E-state index < -0.39 is 5.41 Å². The second kappa shape index (κ2) is 10.3. The fourth-order valence-electron chi connectivity index (χ4n) is 5.13. The molecular weight excluding hydrogens is 406 g/mol. The van der Waals surface area contributed by atoms with Crippen LogP contribution in [0.4, 0.5) is 5.69 Å². The molecule has 0 aromatic heterocycles. The Balaban J connectivity index is 1.55. The highest BCUT2D eigenvalue weighted by Crippen LogP contribution is 2.49. The molecule has 172 valence electrons. The summed E-state index contributed by atoms with van der Waals surface area (Å²) in [6.45, 7) is 5.25. The number of amides is 1. The summed E-state index contributed by atoms with van der Waals surface area (Å²) in [7, 11) is 3.89. The Morgan fingerprint density at radius 1 is 0.818 bits per heavy atom. The molecular formula is C29H35N3O. The van der Waals surface area contributed by atoms with Crippen molar-refractivity contribution in [1.82, 2.24) is 9.91 Å². The van der Waals surface area contributed by atoms with Crippen LogP contribution < -0.4 is 5.01 Å². The molecule has 0 N–H and O–H groups in total. The lowest BCUT2D eigenvalue weighted by atomic mass is 9.72. The van der Waals surface area contributed by atoms with Gasteiger partial charge in [-0.2, -0.15) is 0 Å². The number of fused-ring (bicyclic) bond motifs is 1. The van der Waals surface area contributed by atoms with Gasteiger partial charge >= 0.3 is 0 Å². The molecule has 3 aromatic rings. The highest BCUT2D eigenvalue weighted by atomic mass is 16.2. The van der Waals surface area contributed by atoms with Gasteiger partial charge < -0.3 is 0 Å². The lowest BCUT2D eigenvalue weighted by Crippen LogP contribution is -2.47. The minimum Gasteiger partial charge on any atom is -0.299 e. The zero-order chi connectivity index (χ0) is 23.3. The molecule has 1 aliphatic rings. The van der Waals surface area contributed by atoms with Gasteiger partial charge in [-0.1, -0.05) is 92.2 Å². The minimum atomic E-state index is -0.640. The van der Waals surface area contributed by atoms with Crippen molar-refractivity contribution < 1.29 is 4.79 Å². The van der Waals surface area contributed by atoms with Gasteiger partial charge in [0.05, 0.1) is 5.69 Å². The Hall–Kier alpha value is -2.95. The van der Waals surface area contributed by atoms with Gasteiger partial charge in [0.2, 0.25) is 0 Å². The number of unbranched alkanes of at least 4 members (excludes halogenated alkanes) is 1. The molecule has 0 bridgehead atoms. The van der Waals surface area contributed by atoms with Crippen LogP contribution in [0.5, 0.6) is 0 Å². The Morgan fingerprint density at radius 2 is 1.45 bits per heavy atom. The maximum Gasteiger partial charge on any atom is 0.256 e. The van der Waals surface area contributed by atoms with Crippen molar-refractivity contribution in [3.63, 3.8) is 0 Å². The normalized spacial score (nSPS) is 17.7. The highest BCUT2D eigenvalue weighted by molar-refractivity contribution is 6.09. The van der Waals surface area contributed by atoms with Gasteiger partial charge in [0.15, 0.2) is 0 Å². The SMILES string of the molecule is CCN(CCCC[C@]1(c2ccccc2)C(=O)N(N(C)C)c2ccccc21)Cc1ccccc1. The first-order valence-electron chi connectivity index (χ1n) is 12.0. The standard InChI is InChI=1S/C29H35N3O/c1-4-31(23-24-15-7-5-8-16-24)22-14-13-21-29(25-17-9-6-10-18-25)26-19-11-12-20-27(26)32(28(29)33)30(2)3/h5-12,15-20H,4,13-14,21-23H2,1-3H3/t29-/m1/s1. The number of hydrazine groups is 1. The van der Waals surface area contributed by atoms with E-state index in [0.717, 1.165) is 55.7 Å². The minimum absolute atomic E-state index is 0.150. The van der Waals surface area contributed by atoms with Crippen LogP contribution >= 0.6 is 0 Å². The van der Waals surface area contributed by atoms with E-state index >= 15 is 0 Å². The van der Waals surface area contributed by atoms with Crippen LogP contribution in [0.15, 0.2) is 84.9 Å². The number of hydrogen-bond donors (Lipinski definition) is 0. The van der Waals surface area contributed by atoms with Gasteiger partial charge in [0, 0.05) is 20.6 Å². The molecule has 0 radical (unpaired) electrons. The van der Waals surface area contributed by atoms with Crippen molar-refractivity contribution >= 4 is 11.6 Å². The van der Waals surface area contributed by atoms with Crippen LogP contribution in [0.1, 0.15) is 42.9 Å². The number of carbonyl (C=O) groups excluding carboxylic acids is 1. The Kier molecular flexibility index (Phi) is 7.26. The molecule has 0 saturated carbocycles. The highest BCUT2D eigenvalue weighted by Gasteiger charge is 2.52. The largest absolute Gasteiger partial charge is 0.299 e. The second-order valence-corrected chi connectivity index (χ2v) is 9.06. The number of para-hydroxylation sites is 1. The molecule has 4 heteroatoms. The van der Waals surface area contributed by atoms with Crippen LogP contribution in [0.25, 0.3) is 0 Å². The van der Waals surface area contributed by atoms with Gasteiger partial charge in [0.25, 0.3) is 5.91 Å². The van der Waals surface area contributed by atoms with Crippen molar-refractivity contribution in [3.8, 4) is 0 Å². The average molecular weight is 442 g/mol. The van der Waals surface area contributed by atoms with Crippen LogP contribution in [-0.2, 0) is 16.8 Å². The van der Waals surface area contributed by atoms with Gasteiger partial charge in [0.1, 0.15) is 5.41 Å². The average Bonchev–Trinajstić information content (AvgIpc) is 3.10. The van der Waals surface area contributed by atoms with Crippen LogP contribution in [0.2, 0.25) is 0 Å². The molecule has 1 atom stereocenters. The maximum atomic E-state index is 14.0. The van der Waals surface area contributed by atoms with Gasteiger partial charge in [-0.3, -0.25) is 9.69 Å². The first-order chi connectivity index (χ1) is 16.1. The molecule has 0 unspecified atom stereocenters. The lowest BCUT2D eigenvalue weighted by molar-refractivity contribution is -0.124. The Morgan fingerprint density at radius 3 is 2.12 bits per heavy atom. The molecule has 1 heterocycles. The van der Waals surface area contributed by atoms with E-state index in [-0.39, 0.29) is 5.91 Å². The number of anilines is 1. The quantitative estimate of drug-likeness (QED) is 0.389. The van der Waals surface area contributed by atoms with Crippen molar-refractivity contribution in [2.24, 2.45) is 0 Å². The fourth-order valence-corrected chi connectivity index (χ4v) is 5.13. The fraction of sp³-hybridized carbons (Fsp3) is 0.345. The Labute approximate surface area is 198 Å². The second-order valence-electron chi connectivity index (χ2n) is 9.06. The molecule has 0 spiro atoms. The van der Waals surface area contributed by atoms with Crippen molar-refractivity contribution in [2.75, 3.05) is 32.2 Å². The van der Waals surface area contributed by atoms with E-state index in [2.05, 4.69) is 72.5 Å². The molecule has 33 heavy (non-hydrogen) atoms. The number of rotatable bonds is 10. The summed E-state index contributed by atoms with van der Waals surface area (Å²) in [5, 5.41) is 3.75. The summed E-state index contributed by atoms with van der Waals surface area (Å²) in [5.41, 5.74) is 3.91. The third kappa shape index (κ3) is 4.59. The number of hydrogen-bond acceptors (Lipinski definition) is 3. The summed E-state index contributed by atoms with van der Waals surface area (Å²) in [6.07, 6.45) is 2.86. The summed E-state index contributed by atoms with van der Waals surface area (Å²) in [6, 6.07) is 29.3. The molecule has 3 aromatic carbocycles. The van der Waals surface area contributed by atoms with Gasteiger partial charge in [-0.05, 0) is 48.7 Å². The zero-order valence-corrected chi connectivity index (χ0v) is 20.1. The first-order valence-corrected chi connectivity index (χ1v) is 12.0. The third-order valence-electron chi connectivity index (χ3n) is 6.79. The smallest absolute Gasteiger partial charge is 0.256 e. The summed E-state index contributed by atoms with van der Waals surface area (Å²) >= 11 is 0. The van der Waals surface area contributed by atoms with E-state index in [0.29, 0.717) is 0 Å². The topological polar surface area (TPSA) is 26.8 Å². The predicted molar refractivity (Wildman–Crippen MR) is 136 cm³/mol. The van der Waals surface area contributed by atoms with E-state index in [9.17, 15) is 4.79 Å². The van der Waals surface area contributed by atoms with Crippen molar-refractivity contribution in [1.29, 1.82) is 0 Å². The molecule has 0 fully saturated rings. The Bertz CT molecular complexity index is 1050. The van der Waals surface area contributed by atoms with E-state index in [1.54, 1.807) is 0 Å². The molecule has 4 rings (SSSR count). The zero-order valence-electron chi connectivity index (χ0n) is 20.1. The van der Waals surface area contributed by atoms with E-state index in [1.807, 2.05) is 48.4 Å². The summed E-state index contributed by atoms with van der Waals surface area (Å²) < 4.78 is 0. The van der Waals surface area contributed by atoms with Crippen molar-refractivity contribution in [2.45, 2.75) is 38.1 Å². The van der Waals surface area contributed by atoms with Crippen molar-refractivity contribution in [3.05, 3.63) is 102 Å². The van der Waals surface area contributed by atoms with E-state index in [4.69, 9.17) is 0 Å². The van der Waals surface area contributed by atoms with E-state index in [1.165, 1.54) is 5.56 Å². The number of carbonyl (C=O) groups is 1. The molecule has 1 amide bonds. The van der Waals surface area contributed by atoms with Gasteiger partial charge in [-0.25, -0.2) is 10.0 Å². The molecule has 0 saturated heterocycles. The summed E-state index contributed by atoms with van der Waals surface area (Å²) in [5.74, 6) is 0.150. The van der Waals surface area contributed by atoms with Gasteiger partial charge in [-0.15, -0.1) is 0 Å². The first kappa shape index (κ1) is 23.2. The predicted octanol–water partition coefficient (Wildman–Crippen LogP) is 5.49. The lowest BCUT2D eigenvalue weighted by Gasteiger charge is -2.31. The molecule has 4 nitrogen and oxygen atoms in total. The van der Waals surface area contributed by atoms with Crippen LogP contribution in [0, 0.1) is 0 Å². The number of benzene rings is 3. The third-order valence-corrected chi connectivity index (χ3v) is 6.79. The summed E-state index contributed by atoms with van der Waals surface area (Å²) in [4.78, 5) is 16.5.